The molecule has 3 aliphatic rings. The Morgan fingerprint density at radius 1 is 1.04 bits per heavy atom. The van der Waals surface area contributed by atoms with Crippen molar-refractivity contribution < 1.29 is 9.90 Å². The maximum Gasteiger partial charge on any atom is 0.272 e. The summed E-state index contributed by atoms with van der Waals surface area (Å²) < 4.78 is 0. The van der Waals surface area contributed by atoms with E-state index in [1.807, 2.05) is 17.0 Å². The molecule has 1 N–H and O–H groups in total. The third kappa shape index (κ3) is 3.39. The first kappa shape index (κ1) is 16.8. The van der Waals surface area contributed by atoms with E-state index < -0.39 is 0 Å². The van der Waals surface area contributed by atoms with Crippen molar-refractivity contribution in [1.82, 2.24) is 9.88 Å². The van der Waals surface area contributed by atoms with Crippen LogP contribution in [-0.2, 0) is 0 Å². The Morgan fingerprint density at radius 2 is 1.84 bits per heavy atom. The Morgan fingerprint density at radius 3 is 2.64 bits per heavy atom. The summed E-state index contributed by atoms with van der Waals surface area (Å²) in [6.45, 7) is 2.93. The maximum absolute atomic E-state index is 13.1. The van der Waals surface area contributed by atoms with Crippen molar-refractivity contribution >= 4 is 11.6 Å². The van der Waals surface area contributed by atoms with Gasteiger partial charge >= 0.3 is 0 Å². The van der Waals surface area contributed by atoms with Crippen molar-refractivity contribution in [2.75, 3.05) is 24.5 Å². The molecule has 0 spiro atoms. The molecule has 5 heteroatoms. The largest absolute Gasteiger partial charge is 0.393 e. The molecule has 25 heavy (non-hydrogen) atoms. The summed E-state index contributed by atoms with van der Waals surface area (Å²) >= 11 is 0. The van der Waals surface area contributed by atoms with Crippen molar-refractivity contribution in [3.8, 4) is 0 Å². The van der Waals surface area contributed by atoms with Crippen LogP contribution in [0.15, 0.2) is 18.3 Å². The van der Waals surface area contributed by atoms with E-state index in [4.69, 9.17) is 0 Å². The van der Waals surface area contributed by atoms with E-state index in [2.05, 4.69) is 9.88 Å². The molecule has 1 aliphatic carbocycles. The molecule has 3 heterocycles. The number of aliphatic hydroxyl groups is 1. The fraction of sp³-hybridized carbons (Fsp3) is 0.700. The summed E-state index contributed by atoms with van der Waals surface area (Å²) in [6.07, 6.45) is 10.2. The number of hydrogen-bond donors (Lipinski definition) is 1. The van der Waals surface area contributed by atoms with Crippen LogP contribution in [0.1, 0.15) is 61.9 Å². The highest BCUT2D eigenvalue weighted by molar-refractivity contribution is 5.93. The van der Waals surface area contributed by atoms with Crippen LogP contribution in [0, 0.1) is 5.92 Å². The zero-order chi connectivity index (χ0) is 17.2. The van der Waals surface area contributed by atoms with Gasteiger partial charge in [-0.15, -0.1) is 0 Å². The van der Waals surface area contributed by atoms with Gasteiger partial charge in [0.25, 0.3) is 5.91 Å². The lowest BCUT2D eigenvalue weighted by molar-refractivity contribution is 0.0209. The van der Waals surface area contributed by atoms with Gasteiger partial charge in [0.15, 0.2) is 0 Å². The average molecular weight is 343 g/mol. The van der Waals surface area contributed by atoms with Gasteiger partial charge in [0, 0.05) is 43.5 Å². The molecule has 1 saturated carbocycles. The number of rotatable bonds is 3. The van der Waals surface area contributed by atoms with Crippen molar-refractivity contribution in [1.29, 1.82) is 0 Å². The van der Waals surface area contributed by atoms with Crippen LogP contribution in [0.5, 0.6) is 0 Å². The normalized spacial score (nSPS) is 30.0. The number of anilines is 1. The van der Waals surface area contributed by atoms with Crippen LogP contribution in [0.3, 0.4) is 0 Å². The molecule has 1 aromatic heterocycles. The number of hydrogen-bond acceptors (Lipinski definition) is 4. The molecule has 0 unspecified atom stereocenters. The van der Waals surface area contributed by atoms with Gasteiger partial charge in [-0.3, -0.25) is 9.78 Å². The molecular formula is C20H29N3O2. The zero-order valence-corrected chi connectivity index (χ0v) is 14.9. The van der Waals surface area contributed by atoms with Gasteiger partial charge in [0.05, 0.1) is 6.10 Å². The molecular weight excluding hydrogens is 314 g/mol. The summed E-state index contributed by atoms with van der Waals surface area (Å²) in [6, 6.07) is 4.15. The van der Waals surface area contributed by atoms with Gasteiger partial charge in [0.1, 0.15) is 5.69 Å². The number of amides is 1. The fourth-order valence-electron chi connectivity index (χ4n) is 4.93. The molecule has 0 bridgehead atoms. The Hall–Kier alpha value is -1.62. The van der Waals surface area contributed by atoms with E-state index in [9.17, 15) is 9.90 Å². The molecule has 1 aromatic rings. The number of aromatic nitrogens is 1. The van der Waals surface area contributed by atoms with Crippen LogP contribution in [0.4, 0.5) is 5.69 Å². The Kier molecular flexibility index (Phi) is 4.93. The average Bonchev–Trinajstić information content (AvgIpc) is 3.33. The predicted octanol–water partition coefficient (Wildman–Crippen LogP) is 2.84. The van der Waals surface area contributed by atoms with Crippen LogP contribution in [-0.4, -0.2) is 52.7 Å². The predicted molar refractivity (Wildman–Crippen MR) is 97.7 cm³/mol. The van der Waals surface area contributed by atoms with Crippen molar-refractivity contribution in [3.05, 3.63) is 24.0 Å². The van der Waals surface area contributed by atoms with Crippen LogP contribution < -0.4 is 4.90 Å². The number of nitrogens with zero attached hydrogens (tertiary/aromatic N) is 3. The lowest BCUT2D eigenvalue weighted by atomic mass is 9.80. The maximum atomic E-state index is 13.1. The third-order valence-electron chi connectivity index (χ3n) is 6.27. The lowest BCUT2D eigenvalue weighted by Gasteiger charge is -2.37. The van der Waals surface area contributed by atoms with Gasteiger partial charge in [0.2, 0.25) is 0 Å². The fourth-order valence-corrected chi connectivity index (χ4v) is 4.93. The molecule has 136 valence electrons. The third-order valence-corrected chi connectivity index (χ3v) is 6.27. The Balaban J connectivity index is 1.52. The highest BCUT2D eigenvalue weighted by Gasteiger charge is 2.39. The van der Waals surface area contributed by atoms with Crippen LogP contribution >= 0.6 is 0 Å². The Labute approximate surface area is 150 Å². The first-order valence-electron chi connectivity index (χ1n) is 9.94. The molecule has 3 atom stereocenters. The highest BCUT2D eigenvalue weighted by Crippen LogP contribution is 2.35. The van der Waals surface area contributed by atoms with E-state index >= 15 is 0 Å². The van der Waals surface area contributed by atoms with E-state index in [1.165, 1.54) is 19.3 Å². The number of carbonyl (C=O) groups excluding carboxylic acids is 1. The van der Waals surface area contributed by atoms with Crippen molar-refractivity contribution in [2.24, 2.45) is 5.92 Å². The summed E-state index contributed by atoms with van der Waals surface area (Å²) in [5, 5.41) is 10.4. The molecule has 0 aromatic carbocycles. The van der Waals surface area contributed by atoms with Gasteiger partial charge in [-0.2, -0.15) is 0 Å². The molecule has 0 radical (unpaired) electrons. The number of aliphatic hydroxyl groups excluding tert-OH is 1. The van der Waals surface area contributed by atoms with Crippen molar-refractivity contribution in [3.63, 3.8) is 0 Å². The van der Waals surface area contributed by atoms with Crippen molar-refractivity contribution in [2.45, 2.75) is 63.5 Å². The van der Waals surface area contributed by atoms with Crippen LogP contribution in [0.25, 0.3) is 0 Å². The van der Waals surface area contributed by atoms with Gasteiger partial charge in [-0.1, -0.05) is 12.8 Å². The zero-order valence-electron chi connectivity index (χ0n) is 14.9. The topological polar surface area (TPSA) is 56.7 Å². The van der Waals surface area contributed by atoms with E-state index in [0.29, 0.717) is 5.69 Å². The second kappa shape index (κ2) is 7.32. The summed E-state index contributed by atoms with van der Waals surface area (Å²) in [4.78, 5) is 21.8. The SMILES string of the molecule is O=C(c1cc(N2CCCC2)ccn1)N1CCC[C@@H]1[C@@H]1CCCC[C@H]1O. The summed E-state index contributed by atoms with van der Waals surface area (Å²) in [5.74, 6) is 0.281. The van der Waals surface area contributed by atoms with E-state index in [1.54, 1.807) is 6.20 Å². The summed E-state index contributed by atoms with van der Waals surface area (Å²) in [5.41, 5.74) is 1.67. The van der Waals surface area contributed by atoms with E-state index in [-0.39, 0.29) is 24.0 Å². The molecule has 2 aliphatic heterocycles. The number of carbonyl (C=O) groups is 1. The minimum absolute atomic E-state index is 0.0429. The first-order valence-corrected chi connectivity index (χ1v) is 9.94. The van der Waals surface area contributed by atoms with E-state index in [0.717, 1.165) is 57.4 Å². The Bertz CT molecular complexity index is 615. The second-order valence-electron chi connectivity index (χ2n) is 7.82. The quantitative estimate of drug-likeness (QED) is 0.917. The summed E-state index contributed by atoms with van der Waals surface area (Å²) in [7, 11) is 0. The molecule has 4 rings (SSSR count). The molecule has 3 fully saturated rings. The van der Waals surface area contributed by atoms with Crippen LogP contribution in [0.2, 0.25) is 0 Å². The van der Waals surface area contributed by atoms with Gasteiger partial charge < -0.3 is 14.9 Å². The minimum atomic E-state index is -0.254. The smallest absolute Gasteiger partial charge is 0.272 e. The molecule has 5 nitrogen and oxygen atoms in total. The lowest BCUT2D eigenvalue weighted by Crippen LogP contribution is -2.45. The number of pyridine rings is 1. The molecule has 2 saturated heterocycles. The highest BCUT2D eigenvalue weighted by atomic mass is 16.3. The minimum Gasteiger partial charge on any atom is -0.393 e. The first-order chi connectivity index (χ1) is 12.2. The van der Waals surface area contributed by atoms with Gasteiger partial charge in [-0.05, 0) is 50.7 Å². The monoisotopic (exact) mass is 343 g/mol. The standard InChI is InChI=1S/C20H29N3O2/c24-19-8-2-1-6-16(19)18-7-5-13-23(18)20(25)17-14-15(9-10-21-17)22-11-3-4-12-22/h9-10,14,16,18-19,24H,1-8,11-13H2/t16-,18+,19+/m0/s1. The molecule has 1 amide bonds. The van der Waals surface area contributed by atoms with Gasteiger partial charge in [-0.25, -0.2) is 0 Å². The number of likely N-dealkylation sites (tertiary alicyclic amines) is 1. The second-order valence-corrected chi connectivity index (χ2v) is 7.82.